The summed E-state index contributed by atoms with van der Waals surface area (Å²) < 4.78 is 3.30. The van der Waals surface area contributed by atoms with E-state index < -0.39 is 0 Å². The molecule has 0 bridgehead atoms. The monoisotopic (exact) mass is 293 g/mol. The smallest absolute Gasteiger partial charge is 0.110 e. The zero-order valence-corrected chi connectivity index (χ0v) is 11.5. The highest BCUT2D eigenvalue weighted by Crippen LogP contribution is 2.21. The van der Waals surface area contributed by atoms with E-state index in [2.05, 4.69) is 50.0 Å². The maximum atomic E-state index is 4.67. The van der Waals surface area contributed by atoms with Gasteiger partial charge in [0.25, 0.3) is 0 Å². The number of aryl methyl sites for hydroxylation is 1. The van der Waals surface area contributed by atoms with Crippen LogP contribution in [0.1, 0.15) is 18.7 Å². The van der Waals surface area contributed by atoms with Gasteiger partial charge in [0, 0.05) is 30.5 Å². The van der Waals surface area contributed by atoms with E-state index in [9.17, 15) is 0 Å². The van der Waals surface area contributed by atoms with Gasteiger partial charge in [-0.05, 0) is 31.0 Å². The van der Waals surface area contributed by atoms with Crippen LogP contribution in [0.2, 0.25) is 0 Å². The van der Waals surface area contributed by atoms with Gasteiger partial charge in [0.1, 0.15) is 5.82 Å². The van der Waals surface area contributed by atoms with Crippen LogP contribution in [-0.2, 0) is 13.5 Å². The van der Waals surface area contributed by atoms with Crippen molar-refractivity contribution in [1.29, 1.82) is 0 Å². The summed E-state index contributed by atoms with van der Waals surface area (Å²) in [5, 5.41) is 3.53. The van der Waals surface area contributed by atoms with Crippen LogP contribution in [0.15, 0.2) is 22.7 Å². The first kappa shape index (κ1) is 11.2. The van der Waals surface area contributed by atoms with Gasteiger partial charge in [-0.3, -0.25) is 0 Å². The third-order valence-corrected chi connectivity index (χ3v) is 3.79. The molecule has 4 heteroatoms. The second-order valence-electron chi connectivity index (χ2n) is 4.70. The van der Waals surface area contributed by atoms with E-state index in [1.54, 1.807) is 0 Å². The molecule has 1 heterocycles. The molecule has 90 valence electrons. The van der Waals surface area contributed by atoms with Gasteiger partial charge in [-0.15, -0.1) is 0 Å². The summed E-state index contributed by atoms with van der Waals surface area (Å²) in [5.74, 6) is 1.16. The van der Waals surface area contributed by atoms with Crippen molar-refractivity contribution >= 4 is 27.0 Å². The van der Waals surface area contributed by atoms with Crippen molar-refractivity contribution < 1.29 is 0 Å². The lowest BCUT2D eigenvalue weighted by Gasteiger charge is -2.03. The number of nitrogens with zero attached hydrogens (tertiary/aromatic N) is 2. The Morgan fingerprint density at radius 3 is 3.06 bits per heavy atom. The number of aromatic nitrogens is 2. The molecule has 3 rings (SSSR count). The van der Waals surface area contributed by atoms with Crippen molar-refractivity contribution in [2.75, 3.05) is 6.54 Å². The summed E-state index contributed by atoms with van der Waals surface area (Å²) in [4.78, 5) is 4.67. The van der Waals surface area contributed by atoms with Crippen LogP contribution in [0.5, 0.6) is 0 Å². The molecule has 0 radical (unpaired) electrons. The van der Waals surface area contributed by atoms with Gasteiger partial charge in [-0.2, -0.15) is 0 Å². The number of nitrogens with one attached hydrogen (secondary N) is 1. The quantitative estimate of drug-likeness (QED) is 0.939. The normalized spacial score (nSPS) is 15.6. The number of benzene rings is 1. The SMILES string of the molecule is Cn1c(CCNC2CC2)nc2ccc(Br)cc21. The number of halogens is 1. The molecule has 0 aliphatic heterocycles. The van der Waals surface area contributed by atoms with Crippen LogP contribution >= 0.6 is 15.9 Å². The van der Waals surface area contributed by atoms with Crippen molar-refractivity contribution in [3.05, 3.63) is 28.5 Å². The number of fused-ring (bicyclic) bond motifs is 1. The first-order valence-electron chi connectivity index (χ1n) is 6.08. The molecule has 1 saturated carbocycles. The number of hydrogen-bond acceptors (Lipinski definition) is 2. The fourth-order valence-electron chi connectivity index (χ4n) is 2.11. The van der Waals surface area contributed by atoms with Gasteiger partial charge < -0.3 is 9.88 Å². The summed E-state index contributed by atoms with van der Waals surface area (Å²) >= 11 is 3.50. The lowest BCUT2D eigenvalue weighted by molar-refractivity contribution is 0.654. The minimum atomic E-state index is 0.777. The summed E-state index contributed by atoms with van der Waals surface area (Å²) in [6, 6.07) is 7.01. The predicted octanol–water partition coefficient (Wildman–Crippen LogP) is 2.63. The number of imidazole rings is 1. The van der Waals surface area contributed by atoms with Crippen molar-refractivity contribution in [3.63, 3.8) is 0 Å². The highest BCUT2D eigenvalue weighted by Gasteiger charge is 2.20. The first-order valence-corrected chi connectivity index (χ1v) is 6.87. The molecular formula is C13H16BrN3. The van der Waals surface area contributed by atoms with E-state index in [0.717, 1.165) is 34.8 Å². The molecule has 0 atom stereocenters. The topological polar surface area (TPSA) is 29.9 Å². The fraction of sp³-hybridized carbons (Fsp3) is 0.462. The fourth-order valence-corrected chi connectivity index (χ4v) is 2.46. The maximum Gasteiger partial charge on any atom is 0.110 e. The highest BCUT2D eigenvalue weighted by molar-refractivity contribution is 9.10. The van der Waals surface area contributed by atoms with Crippen molar-refractivity contribution in [2.24, 2.45) is 7.05 Å². The number of rotatable bonds is 4. The van der Waals surface area contributed by atoms with Crippen molar-refractivity contribution in [3.8, 4) is 0 Å². The minimum absolute atomic E-state index is 0.777. The lowest BCUT2D eigenvalue weighted by atomic mass is 10.3. The predicted molar refractivity (Wildman–Crippen MR) is 73.1 cm³/mol. The Morgan fingerprint density at radius 1 is 1.47 bits per heavy atom. The zero-order chi connectivity index (χ0) is 11.8. The summed E-state index contributed by atoms with van der Waals surface area (Å²) in [6.07, 6.45) is 3.68. The standard InChI is InChI=1S/C13H16BrN3/c1-17-12-8-9(14)2-5-11(12)16-13(17)6-7-15-10-3-4-10/h2,5,8,10,15H,3-4,6-7H2,1H3. The molecular weight excluding hydrogens is 278 g/mol. The van der Waals surface area contributed by atoms with E-state index in [-0.39, 0.29) is 0 Å². The Morgan fingerprint density at radius 2 is 2.29 bits per heavy atom. The second-order valence-corrected chi connectivity index (χ2v) is 5.61. The van der Waals surface area contributed by atoms with Crippen molar-refractivity contribution in [1.82, 2.24) is 14.9 Å². The third kappa shape index (κ3) is 2.38. The van der Waals surface area contributed by atoms with E-state index in [4.69, 9.17) is 0 Å². The zero-order valence-electron chi connectivity index (χ0n) is 9.91. The van der Waals surface area contributed by atoms with Crippen molar-refractivity contribution in [2.45, 2.75) is 25.3 Å². The van der Waals surface area contributed by atoms with E-state index >= 15 is 0 Å². The van der Waals surface area contributed by atoms with Crippen LogP contribution in [0.4, 0.5) is 0 Å². The highest BCUT2D eigenvalue weighted by atomic mass is 79.9. The number of hydrogen-bond donors (Lipinski definition) is 1. The Bertz CT molecular complexity index is 543. The Hall–Kier alpha value is -0.870. The molecule has 0 spiro atoms. The summed E-state index contributed by atoms with van der Waals surface area (Å²) in [5.41, 5.74) is 2.28. The molecule has 1 N–H and O–H groups in total. The second kappa shape index (κ2) is 4.42. The molecule has 0 unspecified atom stereocenters. The van der Waals surface area contributed by atoms with E-state index in [1.807, 2.05) is 6.07 Å². The van der Waals surface area contributed by atoms with Gasteiger partial charge >= 0.3 is 0 Å². The summed E-state index contributed by atoms with van der Waals surface area (Å²) in [6.45, 7) is 1.03. The molecule has 2 aromatic rings. The Kier molecular flexibility index (Phi) is 2.92. The molecule has 1 aliphatic rings. The van der Waals surface area contributed by atoms with E-state index in [1.165, 1.54) is 18.4 Å². The molecule has 1 aromatic heterocycles. The molecule has 1 fully saturated rings. The molecule has 17 heavy (non-hydrogen) atoms. The Labute approximate surface area is 109 Å². The van der Waals surface area contributed by atoms with Crippen LogP contribution in [0.3, 0.4) is 0 Å². The minimum Gasteiger partial charge on any atom is -0.331 e. The molecule has 0 saturated heterocycles. The Balaban J connectivity index is 1.80. The largest absolute Gasteiger partial charge is 0.331 e. The van der Waals surface area contributed by atoms with Gasteiger partial charge in [0.05, 0.1) is 11.0 Å². The first-order chi connectivity index (χ1) is 8.24. The lowest BCUT2D eigenvalue weighted by Crippen LogP contribution is -2.20. The average molecular weight is 294 g/mol. The van der Waals surface area contributed by atoms with Gasteiger partial charge in [0.2, 0.25) is 0 Å². The maximum absolute atomic E-state index is 4.67. The third-order valence-electron chi connectivity index (χ3n) is 3.29. The molecule has 1 aromatic carbocycles. The molecule has 0 amide bonds. The average Bonchev–Trinajstić information content (AvgIpc) is 3.08. The van der Waals surface area contributed by atoms with Crippen LogP contribution in [-0.4, -0.2) is 22.1 Å². The van der Waals surface area contributed by atoms with E-state index in [0.29, 0.717) is 0 Å². The van der Waals surface area contributed by atoms with Crippen LogP contribution in [0.25, 0.3) is 11.0 Å². The summed E-state index contributed by atoms with van der Waals surface area (Å²) in [7, 11) is 2.09. The van der Waals surface area contributed by atoms with Crippen LogP contribution in [0, 0.1) is 0 Å². The molecule has 3 nitrogen and oxygen atoms in total. The van der Waals surface area contributed by atoms with Crippen LogP contribution < -0.4 is 5.32 Å². The molecule has 1 aliphatic carbocycles. The van der Waals surface area contributed by atoms with Gasteiger partial charge in [0.15, 0.2) is 0 Å². The van der Waals surface area contributed by atoms with Gasteiger partial charge in [-0.1, -0.05) is 15.9 Å². The van der Waals surface area contributed by atoms with Gasteiger partial charge in [-0.25, -0.2) is 4.98 Å².